The summed E-state index contributed by atoms with van der Waals surface area (Å²) in [6, 6.07) is 6.05. The summed E-state index contributed by atoms with van der Waals surface area (Å²) >= 11 is 8.45. The first-order valence-corrected chi connectivity index (χ1v) is 9.35. The molecule has 0 bridgehead atoms. The second kappa shape index (κ2) is 5.85. The first-order chi connectivity index (χ1) is 10.8. The normalized spacial score (nSPS) is 11.2. The Morgan fingerprint density at radius 1 is 0.870 bits per heavy atom. The molecular weight excluding hydrogens is 344 g/mol. The Bertz CT molecular complexity index is 939. The first-order valence-electron chi connectivity index (χ1n) is 7.31. The smallest absolute Gasteiger partial charge is 0.296 e. The van der Waals surface area contributed by atoms with E-state index in [2.05, 4.69) is 31.4 Å². The van der Waals surface area contributed by atoms with E-state index in [0.29, 0.717) is 0 Å². The zero-order valence-electron chi connectivity index (χ0n) is 13.8. The fourth-order valence-corrected chi connectivity index (χ4v) is 5.01. The van der Waals surface area contributed by atoms with Gasteiger partial charge in [0.1, 0.15) is 0 Å². The highest BCUT2D eigenvalue weighted by Gasteiger charge is 2.16. The topological polar surface area (TPSA) is 26.9 Å². The lowest BCUT2D eigenvalue weighted by Crippen LogP contribution is -2.14. The first kappa shape index (κ1) is 16.4. The van der Waals surface area contributed by atoms with Crippen molar-refractivity contribution >= 4 is 34.9 Å². The molecule has 0 atom stereocenters. The van der Waals surface area contributed by atoms with Crippen LogP contribution in [0.25, 0.3) is 11.4 Å². The van der Waals surface area contributed by atoms with Gasteiger partial charge in [0, 0.05) is 21.1 Å². The van der Waals surface area contributed by atoms with Crippen LogP contribution in [-0.4, -0.2) is 9.13 Å². The lowest BCUT2D eigenvalue weighted by molar-refractivity contribution is 0.935. The number of hydrogen-bond acceptors (Lipinski definition) is 4. The van der Waals surface area contributed by atoms with Gasteiger partial charge in [0.2, 0.25) is 0 Å². The molecule has 6 heteroatoms. The summed E-state index contributed by atoms with van der Waals surface area (Å²) in [6.45, 7) is 10.2. The molecule has 1 aromatic carbocycles. The van der Waals surface area contributed by atoms with E-state index in [9.17, 15) is 4.79 Å². The third-order valence-corrected chi connectivity index (χ3v) is 6.64. The minimum Gasteiger partial charge on any atom is -0.296 e. The molecule has 23 heavy (non-hydrogen) atoms. The van der Waals surface area contributed by atoms with Gasteiger partial charge < -0.3 is 0 Å². The maximum absolute atomic E-state index is 12.4. The van der Waals surface area contributed by atoms with Crippen molar-refractivity contribution in [3.05, 3.63) is 58.5 Å². The molecule has 0 amide bonds. The summed E-state index contributed by atoms with van der Waals surface area (Å²) in [5.41, 5.74) is 5.20. The Labute approximate surface area is 148 Å². The van der Waals surface area contributed by atoms with Crippen molar-refractivity contribution in [2.24, 2.45) is 0 Å². The number of aryl methyl sites for hydroxylation is 2. The highest BCUT2D eigenvalue weighted by molar-refractivity contribution is 7.73. The Hall–Kier alpha value is -1.50. The van der Waals surface area contributed by atoms with Gasteiger partial charge in [-0.2, -0.15) is 0 Å². The van der Waals surface area contributed by atoms with Crippen molar-refractivity contribution in [2.75, 3.05) is 0 Å². The molecule has 0 radical (unpaired) electrons. The molecule has 3 rings (SSSR count). The SMILES string of the molecule is Cc1sc(=O)n(-c2cccc(-n3c(C)c(C)sc3=S)c2C)c1C. The third kappa shape index (κ3) is 2.55. The van der Waals surface area contributed by atoms with Crippen LogP contribution in [0.3, 0.4) is 0 Å². The summed E-state index contributed by atoms with van der Waals surface area (Å²) < 4.78 is 4.75. The van der Waals surface area contributed by atoms with Gasteiger partial charge in [0.25, 0.3) is 0 Å². The van der Waals surface area contributed by atoms with Crippen LogP contribution < -0.4 is 4.87 Å². The monoisotopic (exact) mass is 362 g/mol. The molecule has 0 fully saturated rings. The van der Waals surface area contributed by atoms with Crippen LogP contribution in [0, 0.1) is 38.6 Å². The van der Waals surface area contributed by atoms with Crippen molar-refractivity contribution in [2.45, 2.75) is 34.6 Å². The van der Waals surface area contributed by atoms with Crippen molar-refractivity contribution in [3.63, 3.8) is 0 Å². The van der Waals surface area contributed by atoms with E-state index in [1.54, 1.807) is 15.9 Å². The quantitative estimate of drug-likeness (QED) is 0.598. The molecule has 0 saturated carbocycles. The van der Waals surface area contributed by atoms with Crippen LogP contribution in [-0.2, 0) is 0 Å². The zero-order chi connectivity index (χ0) is 16.9. The van der Waals surface area contributed by atoms with Crippen molar-refractivity contribution < 1.29 is 0 Å². The average molecular weight is 363 g/mol. The highest BCUT2D eigenvalue weighted by Crippen LogP contribution is 2.28. The van der Waals surface area contributed by atoms with Gasteiger partial charge in [-0.25, -0.2) is 0 Å². The van der Waals surface area contributed by atoms with Crippen LogP contribution in [0.1, 0.15) is 26.7 Å². The summed E-state index contributed by atoms with van der Waals surface area (Å²) in [6.07, 6.45) is 0. The van der Waals surface area contributed by atoms with Crippen LogP contribution in [0.5, 0.6) is 0 Å². The Balaban J connectivity index is 2.32. The molecule has 0 aliphatic rings. The lowest BCUT2D eigenvalue weighted by atomic mass is 10.1. The number of nitrogens with zero attached hydrogens (tertiary/aromatic N) is 2. The van der Waals surface area contributed by atoms with Crippen molar-refractivity contribution in [3.8, 4) is 11.4 Å². The zero-order valence-corrected chi connectivity index (χ0v) is 16.2. The molecule has 0 unspecified atom stereocenters. The van der Waals surface area contributed by atoms with Gasteiger partial charge >= 0.3 is 4.87 Å². The number of aromatic nitrogens is 2. The van der Waals surface area contributed by atoms with Crippen LogP contribution in [0.4, 0.5) is 0 Å². The minimum absolute atomic E-state index is 0.0575. The van der Waals surface area contributed by atoms with E-state index in [1.807, 2.05) is 26.0 Å². The van der Waals surface area contributed by atoms with Crippen LogP contribution in [0.15, 0.2) is 23.0 Å². The molecule has 2 aromatic heterocycles. The van der Waals surface area contributed by atoms with E-state index in [1.165, 1.54) is 16.2 Å². The Kier molecular flexibility index (Phi) is 4.16. The molecule has 3 nitrogen and oxygen atoms in total. The second-order valence-corrected chi connectivity index (χ2v) is 8.63. The van der Waals surface area contributed by atoms with E-state index in [0.717, 1.165) is 37.2 Å². The average Bonchev–Trinajstić information content (AvgIpc) is 2.88. The predicted octanol–water partition coefficient (Wildman–Crippen LogP) is 5.02. The van der Waals surface area contributed by atoms with E-state index in [4.69, 9.17) is 12.2 Å². The van der Waals surface area contributed by atoms with Gasteiger partial charge in [-0.05, 0) is 64.5 Å². The van der Waals surface area contributed by atoms with Gasteiger partial charge in [0.15, 0.2) is 3.95 Å². The van der Waals surface area contributed by atoms with Gasteiger partial charge in [-0.1, -0.05) is 17.4 Å². The molecular formula is C17H18N2OS3. The highest BCUT2D eigenvalue weighted by atomic mass is 32.1. The second-order valence-electron chi connectivity index (χ2n) is 5.61. The molecule has 0 spiro atoms. The van der Waals surface area contributed by atoms with Crippen LogP contribution in [0.2, 0.25) is 0 Å². The largest absolute Gasteiger partial charge is 0.312 e. The third-order valence-electron chi connectivity index (χ3n) is 4.29. The standard InChI is InChI=1S/C17H18N2OS3/c1-9-14(18-10(2)12(4)22-16(18)20)7-6-8-15(9)19-11(3)13(5)23-17(19)21/h6-8H,1-5H3. The van der Waals surface area contributed by atoms with Gasteiger partial charge in [-0.15, -0.1) is 11.3 Å². The minimum atomic E-state index is 0.0575. The Morgan fingerprint density at radius 2 is 1.39 bits per heavy atom. The number of hydrogen-bond donors (Lipinski definition) is 0. The molecule has 0 N–H and O–H groups in total. The molecule has 0 saturated heterocycles. The molecule has 2 heterocycles. The summed E-state index contributed by atoms with van der Waals surface area (Å²) in [4.78, 5) is 14.7. The van der Waals surface area contributed by atoms with E-state index in [-0.39, 0.29) is 4.87 Å². The molecule has 120 valence electrons. The van der Waals surface area contributed by atoms with Gasteiger partial charge in [0.05, 0.1) is 11.4 Å². The summed E-state index contributed by atoms with van der Waals surface area (Å²) in [5, 5.41) is 0. The van der Waals surface area contributed by atoms with Crippen molar-refractivity contribution in [1.82, 2.24) is 9.13 Å². The number of benzene rings is 1. The number of rotatable bonds is 2. The van der Waals surface area contributed by atoms with Gasteiger partial charge in [-0.3, -0.25) is 13.9 Å². The maximum Gasteiger partial charge on any atom is 0.312 e. The van der Waals surface area contributed by atoms with Crippen molar-refractivity contribution in [1.29, 1.82) is 0 Å². The molecule has 0 aliphatic heterocycles. The fourth-order valence-electron chi connectivity index (χ4n) is 2.74. The summed E-state index contributed by atoms with van der Waals surface area (Å²) in [5.74, 6) is 0. The fraction of sp³-hybridized carbons (Fsp3) is 0.294. The Morgan fingerprint density at radius 3 is 1.87 bits per heavy atom. The van der Waals surface area contributed by atoms with Crippen LogP contribution >= 0.6 is 34.9 Å². The molecule has 0 aliphatic carbocycles. The lowest BCUT2D eigenvalue weighted by Gasteiger charge is -2.15. The molecule has 3 aromatic rings. The number of thiazole rings is 2. The maximum atomic E-state index is 12.4. The predicted molar refractivity (Wildman–Crippen MR) is 102 cm³/mol. The summed E-state index contributed by atoms with van der Waals surface area (Å²) in [7, 11) is 0. The van der Waals surface area contributed by atoms with E-state index >= 15 is 0 Å². The van der Waals surface area contributed by atoms with E-state index < -0.39 is 0 Å².